The Balaban J connectivity index is 1.31. The standard InChI is InChI=1S/C25H28BrF2N3O/c26-19-5-4-18(21(17-19)30-12-8-24(6-7-24)9-13-30)16-22(32)20-2-1-3-23(29-20)31-14-10-25(27,28)11-15-31/h1-5,17H,6-16H2. The Bertz CT molecular complexity index is 1000. The van der Waals surface area contributed by atoms with E-state index in [4.69, 9.17) is 0 Å². The summed E-state index contributed by atoms with van der Waals surface area (Å²) in [5.41, 5.74) is 3.12. The number of rotatable bonds is 5. The van der Waals surface area contributed by atoms with Gasteiger partial charge in [-0.15, -0.1) is 0 Å². The van der Waals surface area contributed by atoms with Crippen molar-refractivity contribution < 1.29 is 13.6 Å². The third-order valence-corrected chi connectivity index (χ3v) is 7.85. The summed E-state index contributed by atoms with van der Waals surface area (Å²) in [6.45, 7) is 2.58. The zero-order chi connectivity index (χ0) is 22.3. The van der Waals surface area contributed by atoms with Crippen LogP contribution in [0.2, 0.25) is 0 Å². The van der Waals surface area contributed by atoms with Crippen LogP contribution < -0.4 is 9.80 Å². The second kappa shape index (κ2) is 8.40. The van der Waals surface area contributed by atoms with Gasteiger partial charge in [-0.3, -0.25) is 4.79 Å². The normalized spacial score (nSPS) is 21.6. The Morgan fingerprint density at radius 1 is 0.938 bits per heavy atom. The molecule has 1 aromatic heterocycles. The number of hydrogen-bond donors (Lipinski definition) is 0. The fraction of sp³-hybridized carbons (Fsp3) is 0.520. The molecular formula is C25H28BrF2N3O. The molecular weight excluding hydrogens is 476 g/mol. The predicted octanol–water partition coefficient (Wildman–Crippen LogP) is 5.89. The number of hydrogen-bond acceptors (Lipinski definition) is 4. The molecule has 1 spiro atoms. The van der Waals surface area contributed by atoms with E-state index in [0.29, 0.717) is 16.9 Å². The maximum atomic E-state index is 13.5. The Morgan fingerprint density at radius 2 is 1.62 bits per heavy atom. The number of benzene rings is 1. The topological polar surface area (TPSA) is 36.4 Å². The number of halogens is 3. The van der Waals surface area contributed by atoms with Crippen molar-refractivity contribution in [2.24, 2.45) is 5.41 Å². The molecule has 0 N–H and O–H groups in total. The first-order chi connectivity index (χ1) is 15.3. The number of pyridine rings is 1. The Kier molecular flexibility index (Phi) is 5.72. The fourth-order valence-corrected chi connectivity index (χ4v) is 5.31. The van der Waals surface area contributed by atoms with Crippen LogP contribution in [0.25, 0.3) is 0 Å². The lowest BCUT2D eigenvalue weighted by atomic mass is 9.92. The van der Waals surface area contributed by atoms with Gasteiger partial charge in [0.2, 0.25) is 0 Å². The van der Waals surface area contributed by atoms with E-state index in [1.54, 1.807) is 18.2 Å². The van der Waals surface area contributed by atoms with Gasteiger partial charge in [-0.2, -0.15) is 0 Å². The molecule has 0 amide bonds. The van der Waals surface area contributed by atoms with Crippen LogP contribution in [0, 0.1) is 5.41 Å². The van der Waals surface area contributed by atoms with Gasteiger partial charge in [0.1, 0.15) is 11.5 Å². The summed E-state index contributed by atoms with van der Waals surface area (Å²) in [5, 5.41) is 0. The molecule has 0 bridgehead atoms. The SMILES string of the molecule is O=C(Cc1ccc(Br)cc1N1CCC2(CC1)CC2)c1cccc(N2CCC(F)(F)CC2)n1. The first-order valence-electron chi connectivity index (χ1n) is 11.5. The van der Waals surface area contributed by atoms with Crippen LogP contribution >= 0.6 is 15.9 Å². The van der Waals surface area contributed by atoms with E-state index >= 15 is 0 Å². The molecule has 3 heterocycles. The quantitative estimate of drug-likeness (QED) is 0.477. The lowest BCUT2D eigenvalue weighted by Gasteiger charge is -2.35. The monoisotopic (exact) mass is 503 g/mol. The molecule has 3 aliphatic rings. The van der Waals surface area contributed by atoms with Gasteiger partial charge in [-0.05, 0) is 60.9 Å². The van der Waals surface area contributed by atoms with Gasteiger partial charge < -0.3 is 9.80 Å². The summed E-state index contributed by atoms with van der Waals surface area (Å²) >= 11 is 3.59. The Morgan fingerprint density at radius 3 is 2.31 bits per heavy atom. The van der Waals surface area contributed by atoms with Gasteiger partial charge >= 0.3 is 0 Å². The van der Waals surface area contributed by atoms with Crippen molar-refractivity contribution in [2.45, 2.75) is 50.9 Å². The lowest BCUT2D eigenvalue weighted by Crippen LogP contribution is -2.39. The summed E-state index contributed by atoms with van der Waals surface area (Å²) < 4.78 is 28.0. The second-order valence-corrected chi connectivity index (χ2v) is 10.5. The number of anilines is 2. The molecule has 2 saturated heterocycles. The van der Waals surface area contributed by atoms with Crippen LogP contribution in [0.3, 0.4) is 0 Å². The molecule has 2 aromatic rings. The number of nitrogens with zero attached hydrogens (tertiary/aromatic N) is 3. The number of Topliss-reactive ketones (excluding diaryl/α,β-unsaturated/α-hetero) is 1. The lowest BCUT2D eigenvalue weighted by molar-refractivity contribution is -0.0221. The van der Waals surface area contributed by atoms with E-state index in [-0.39, 0.29) is 38.1 Å². The maximum absolute atomic E-state index is 13.5. The van der Waals surface area contributed by atoms with Crippen molar-refractivity contribution in [1.82, 2.24) is 4.98 Å². The van der Waals surface area contributed by atoms with Gasteiger partial charge in [0.05, 0.1) is 0 Å². The highest BCUT2D eigenvalue weighted by Crippen LogP contribution is 2.54. The maximum Gasteiger partial charge on any atom is 0.251 e. The van der Waals surface area contributed by atoms with Gasteiger partial charge in [-0.1, -0.05) is 28.1 Å². The number of carbonyl (C=O) groups is 1. The molecule has 0 atom stereocenters. The summed E-state index contributed by atoms with van der Waals surface area (Å²) in [4.78, 5) is 21.9. The molecule has 1 aliphatic carbocycles. The van der Waals surface area contributed by atoms with Crippen molar-refractivity contribution in [2.75, 3.05) is 36.0 Å². The summed E-state index contributed by atoms with van der Waals surface area (Å²) in [7, 11) is 0. The van der Waals surface area contributed by atoms with E-state index in [1.807, 2.05) is 17.0 Å². The smallest absolute Gasteiger partial charge is 0.251 e. The summed E-state index contributed by atoms with van der Waals surface area (Å²) in [6.07, 6.45) is 5.11. The molecule has 170 valence electrons. The van der Waals surface area contributed by atoms with E-state index < -0.39 is 5.92 Å². The number of alkyl halides is 2. The van der Waals surface area contributed by atoms with E-state index in [2.05, 4.69) is 31.9 Å². The minimum atomic E-state index is -2.60. The Hall–Kier alpha value is -2.02. The zero-order valence-electron chi connectivity index (χ0n) is 18.1. The molecule has 7 heteroatoms. The molecule has 1 saturated carbocycles. The van der Waals surface area contributed by atoms with Crippen LogP contribution in [0.4, 0.5) is 20.3 Å². The average Bonchev–Trinajstić information content (AvgIpc) is 3.54. The van der Waals surface area contributed by atoms with Gasteiger partial charge in [0, 0.05) is 55.6 Å². The van der Waals surface area contributed by atoms with E-state index in [9.17, 15) is 13.6 Å². The van der Waals surface area contributed by atoms with Crippen LogP contribution in [0.5, 0.6) is 0 Å². The van der Waals surface area contributed by atoms with Crippen molar-refractivity contribution in [1.29, 1.82) is 0 Å². The highest BCUT2D eigenvalue weighted by Gasteiger charge is 2.44. The molecule has 0 radical (unpaired) electrons. The number of aromatic nitrogens is 1. The van der Waals surface area contributed by atoms with Crippen LogP contribution in [0.1, 0.15) is 54.6 Å². The first kappa shape index (κ1) is 21.8. The molecule has 2 aliphatic heterocycles. The van der Waals surface area contributed by atoms with Crippen LogP contribution in [-0.2, 0) is 6.42 Å². The molecule has 1 aromatic carbocycles. The molecule has 0 unspecified atom stereocenters. The van der Waals surface area contributed by atoms with Crippen molar-refractivity contribution >= 4 is 33.2 Å². The van der Waals surface area contributed by atoms with Gasteiger partial charge in [0.25, 0.3) is 5.92 Å². The van der Waals surface area contributed by atoms with Crippen molar-refractivity contribution in [3.05, 3.63) is 52.1 Å². The third-order valence-electron chi connectivity index (χ3n) is 7.36. The Labute approximate surface area is 196 Å². The zero-order valence-corrected chi connectivity index (χ0v) is 19.7. The van der Waals surface area contributed by atoms with E-state index in [0.717, 1.165) is 28.8 Å². The molecule has 32 heavy (non-hydrogen) atoms. The average molecular weight is 504 g/mol. The minimum Gasteiger partial charge on any atom is -0.371 e. The third kappa shape index (κ3) is 4.68. The minimum absolute atomic E-state index is 0.0477. The van der Waals surface area contributed by atoms with Crippen molar-refractivity contribution in [3.8, 4) is 0 Å². The van der Waals surface area contributed by atoms with Crippen molar-refractivity contribution in [3.63, 3.8) is 0 Å². The van der Waals surface area contributed by atoms with E-state index in [1.165, 1.54) is 25.7 Å². The highest BCUT2D eigenvalue weighted by atomic mass is 79.9. The largest absolute Gasteiger partial charge is 0.371 e. The fourth-order valence-electron chi connectivity index (χ4n) is 4.96. The summed E-state index contributed by atoms with van der Waals surface area (Å²) in [6, 6.07) is 11.4. The number of ketones is 1. The molecule has 4 nitrogen and oxygen atoms in total. The summed E-state index contributed by atoms with van der Waals surface area (Å²) in [5.74, 6) is -2.04. The van der Waals surface area contributed by atoms with Gasteiger partial charge in [0.15, 0.2) is 5.78 Å². The highest BCUT2D eigenvalue weighted by molar-refractivity contribution is 9.10. The molecule has 3 fully saturated rings. The van der Waals surface area contributed by atoms with Crippen LogP contribution in [-0.4, -0.2) is 42.9 Å². The number of piperidine rings is 2. The van der Waals surface area contributed by atoms with Gasteiger partial charge in [-0.25, -0.2) is 13.8 Å². The second-order valence-electron chi connectivity index (χ2n) is 9.58. The molecule has 5 rings (SSSR count). The number of carbonyl (C=O) groups excluding carboxylic acids is 1. The predicted molar refractivity (Wildman–Crippen MR) is 126 cm³/mol. The first-order valence-corrected chi connectivity index (χ1v) is 12.3. The van der Waals surface area contributed by atoms with Crippen LogP contribution in [0.15, 0.2) is 40.9 Å².